The van der Waals surface area contributed by atoms with Crippen molar-refractivity contribution in [1.82, 2.24) is 4.90 Å². The molecule has 0 bridgehead atoms. The van der Waals surface area contributed by atoms with Gasteiger partial charge in [0.05, 0.1) is 11.8 Å². The lowest BCUT2D eigenvalue weighted by atomic mass is 10.8. The molecule has 42 valence electrons. The number of thiocarbonyl (C=S) groups is 1. The first kappa shape index (κ1) is 5.37. The van der Waals surface area contributed by atoms with Gasteiger partial charge in [-0.3, -0.25) is 4.99 Å². The van der Waals surface area contributed by atoms with E-state index in [1.807, 2.05) is 0 Å². The maximum atomic E-state index is 4.61. The highest BCUT2D eigenvalue weighted by atomic mass is 32.1. The van der Waals surface area contributed by atoms with Gasteiger partial charge in [-0.2, -0.15) is 0 Å². The van der Waals surface area contributed by atoms with Gasteiger partial charge < -0.3 is 4.90 Å². The Morgan fingerprint density at radius 1 is 1.75 bits per heavy atom. The van der Waals surface area contributed by atoms with Crippen molar-refractivity contribution in [3.8, 4) is 0 Å². The summed E-state index contributed by atoms with van der Waals surface area (Å²) in [7, 11) is 0. The van der Waals surface area contributed by atoms with Gasteiger partial charge in [-0.15, -0.1) is 0 Å². The van der Waals surface area contributed by atoms with E-state index in [0.717, 1.165) is 0 Å². The van der Waals surface area contributed by atoms with Crippen LogP contribution in [0.25, 0.3) is 0 Å². The minimum atomic E-state index is 0.604. The number of rotatable bonds is 1. The molecule has 4 heteroatoms. The van der Waals surface area contributed by atoms with Crippen LogP contribution in [-0.2, 0) is 0 Å². The highest BCUT2D eigenvalue weighted by Crippen LogP contribution is 1.83. The molecule has 0 amide bonds. The average Bonchev–Trinajstić information content (AvgIpc) is 1.90. The molecule has 0 unspecified atom stereocenters. The Hall–Kier alpha value is -0.770. The van der Waals surface area contributed by atoms with E-state index in [0.29, 0.717) is 6.67 Å². The van der Waals surface area contributed by atoms with Crippen molar-refractivity contribution in [3.05, 3.63) is 0 Å². The van der Waals surface area contributed by atoms with E-state index in [1.54, 1.807) is 11.2 Å². The minimum Gasteiger partial charge on any atom is -0.309 e. The first-order valence-corrected chi connectivity index (χ1v) is 2.63. The Balaban J connectivity index is 2.51. The molecular weight excluding hydrogens is 122 g/mol. The molecule has 0 aromatic rings. The molecule has 0 saturated heterocycles. The van der Waals surface area contributed by atoms with Crippen LogP contribution in [0.2, 0.25) is 0 Å². The molecule has 0 saturated carbocycles. The fourth-order valence-corrected chi connectivity index (χ4v) is 0.512. The van der Waals surface area contributed by atoms with Gasteiger partial charge in [0.25, 0.3) is 0 Å². The summed E-state index contributed by atoms with van der Waals surface area (Å²) in [6, 6.07) is 0. The van der Waals surface area contributed by atoms with Gasteiger partial charge in [0.1, 0.15) is 13.0 Å². The lowest BCUT2D eigenvalue weighted by Gasteiger charge is -2.09. The average molecular weight is 127 g/mol. The van der Waals surface area contributed by atoms with Crippen LogP contribution in [0.5, 0.6) is 0 Å². The summed E-state index contributed by atoms with van der Waals surface area (Å²) >= 11 is 4.61. The summed E-state index contributed by atoms with van der Waals surface area (Å²) in [4.78, 5) is 9.29. The molecule has 8 heavy (non-hydrogen) atoms. The zero-order valence-corrected chi connectivity index (χ0v) is 5.01. The predicted molar refractivity (Wildman–Crippen MR) is 37.3 cm³/mol. The molecule has 0 radical (unpaired) electrons. The van der Waals surface area contributed by atoms with E-state index in [4.69, 9.17) is 0 Å². The van der Waals surface area contributed by atoms with Crippen LogP contribution in [0.4, 0.5) is 0 Å². The topological polar surface area (TPSA) is 28.0 Å². The highest BCUT2D eigenvalue weighted by Gasteiger charge is 1.92. The monoisotopic (exact) mass is 127 g/mol. The van der Waals surface area contributed by atoms with Crippen LogP contribution < -0.4 is 0 Å². The molecule has 1 heterocycles. The fourth-order valence-electron chi connectivity index (χ4n) is 0.390. The molecule has 0 spiro atoms. The molecule has 0 aliphatic carbocycles. The second-order valence-corrected chi connectivity index (χ2v) is 1.53. The summed E-state index contributed by atoms with van der Waals surface area (Å²) in [5.41, 5.74) is 1.51. The number of aliphatic imine (C=N–C) groups is 2. The molecule has 0 fully saturated rings. The number of hydrogen-bond donors (Lipinski definition) is 0. The molecule has 0 N–H and O–H groups in total. The third-order valence-electron chi connectivity index (χ3n) is 0.744. The van der Waals surface area contributed by atoms with Gasteiger partial charge in [0.2, 0.25) is 0 Å². The summed E-state index contributed by atoms with van der Waals surface area (Å²) in [6.07, 6.45) is 3.15. The molecule has 1 aliphatic heterocycles. The molecule has 0 aromatic heterocycles. The van der Waals surface area contributed by atoms with E-state index in [1.165, 1.54) is 11.8 Å². The SMILES string of the molecule is S=CN1C=NC=NC1. The molecule has 3 nitrogen and oxygen atoms in total. The van der Waals surface area contributed by atoms with Gasteiger partial charge in [0, 0.05) is 0 Å². The maximum absolute atomic E-state index is 4.61. The second-order valence-electron chi connectivity index (χ2n) is 1.32. The lowest BCUT2D eigenvalue weighted by Crippen LogP contribution is -2.21. The van der Waals surface area contributed by atoms with Crippen molar-refractivity contribution in [2.24, 2.45) is 9.98 Å². The van der Waals surface area contributed by atoms with E-state index in [-0.39, 0.29) is 0 Å². The molecule has 0 atom stereocenters. The van der Waals surface area contributed by atoms with E-state index < -0.39 is 0 Å². The lowest BCUT2D eigenvalue weighted by molar-refractivity contribution is 0.664. The van der Waals surface area contributed by atoms with Crippen molar-refractivity contribution < 1.29 is 0 Å². The normalized spacial score (nSPS) is 16.8. The second kappa shape index (κ2) is 2.52. The van der Waals surface area contributed by atoms with E-state index in [2.05, 4.69) is 22.2 Å². The maximum Gasteiger partial charge on any atom is 0.117 e. The summed E-state index contributed by atoms with van der Waals surface area (Å²) in [5, 5.41) is 0. The van der Waals surface area contributed by atoms with Crippen LogP contribution >= 0.6 is 12.2 Å². The van der Waals surface area contributed by atoms with Crippen LogP contribution in [0.15, 0.2) is 9.98 Å². The third-order valence-corrected chi connectivity index (χ3v) is 1.01. The van der Waals surface area contributed by atoms with Crippen molar-refractivity contribution >= 4 is 30.4 Å². The summed E-state index contributed by atoms with van der Waals surface area (Å²) in [6.45, 7) is 0.604. The highest BCUT2D eigenvalue weighted by molar-refractivity contribution is 7.78. The van der Waals surface area contributed by atoms with Gasteiger partial charge in [-0.05, 0) is 0 Å². The largest absolute Gasteiger partial charge is 0.309 e. The third kappa shape index (κ3) is 1.10. The van der Waals surface area contributed by atoms with Gasteiger partial charge in [-0.25, -0.2) is 4.99 Å². The first-order valence-electron chi connectivity index (χ1n) is 2.16. The quantitative estimate of drug-likeness (QED) is 0.473. The standard InChI is InChI=1S/C4H5N3S/c8-4-7-2-5-1-6-3-7/h1-2,4H,3H2. The number of nitrogens with zero attached hydrogens (tertiary/aromatic N) is 3. The van der Waals surface area contributed by atoms with Gasteiger partial charge in [0.15, 0.2) is 0 Å². The van der Waals surface area contributed by atoms with Crippen molar-refractivity contribution in [2.75, 3.05) is 6.67 Å². The minimum absolute atomic E-state index is 0.604. The fraction of sp³-hybridized carbons (Fsp3) is 0.250. The molecule has 1 rings (SSSR count). The summed E-state index contributed by atoms with van der Waals surface area (Å²) in [5.74, 6) is 0. The van der Waals surface area contributed by atoms with Crippen molar-refractivity contribution in [2.45, 2.75) is 0 Å². The Morgan fingerprint density at radius 2 is 2.62 bits per heavy atom. The predicted octanol–water partition coefficient (Wildman–Crippen LogP) is 0.273. The first-order chi connectivity index (χ1) is 3.93. The molecular formula is C4H5N3S. The van der Waals surface area contributed by atoms with Crippen LogP contribution in [0, 0.1) is 0 Å². The molecule has 0 aromatic carbocycles. The van der Waals surface area contributed by atoms with Crippen molar-refractivity contribution in [1.29, 1.82) is 0 Å². The number of hydrogen-bond acceptors (Lipinski definition) is 3. The van der Waals surface area contributed by atoms with E-state index >= 15 is 0 Å². The van der Waals surface area contributed by atoms with E-state index in [9.17, 15) is 0 Å². The van der Waals surface area contributed by atoms with Gasteiger partial charge >= 0.3 is 0 Å². The van der Waals surface area contributed by atoms with Crippen LogP contribution in [0.3, 0.4) is 0 Å². The zero-order chi connectivity index (χ0) is 5.82. The zero-order valence-electron chi connectivity index (χ0n) is 4.19. The van der Waals surface area contributed by atoms with Crippen LogP contribution in [0.1, 0.15) is 0 Å². The Morgan fingerprint density at radius 3 is 3.00 bits per heavy atom. The smallest absolute Gasteiger partial charge is 0.117 e. The Labute approximate surface area is 52.7 Å². The van der Waals surface area contributed by atoms with Gasteiger partial charge in [-0.1, -0.05) is 12.2 Å². The van der Waals surface area contributed by atoms with Crippen molar-refractivity contribution in [3.63, 3.8) is 0 Å². The Bertz CT molecular complexity index is 140. The van der Waals surface area contributed by atoms with Crippen LogP contribution in [-0.4, -0.2) is 29.7 Å². The molecule has 1 aliphatic rings. The Kier molecular flexibility index (Phi) is 1.69. The summed E-state index contributed by atoms with van der Waals surface area (Å²) < 4.78 is 0.